The first-order chi connectivity index (χ1) is 13.0. The van der Waals surface area contributed by atoms with Crippen LogP contribution in [0.3, 0.4) is 0 Å². The number of carbonyl (C=O) groups excluding carboxylic acids is 2. The van der Waals surface area contributed by atoms with Crippen LogP contribution in [-0.4, -0.2) is 53.6 Å². The van der Waals surface area contributed by atoms with Crippen molar-refractivity contribution < 1.29 is 14.0 Å². The molecule has 5 atom stereocenters. The smallest absolute Gasteiger partial charge is 0.228 e. The van der Waals surface area contributed by atoms with E-state index >= 15 is 0 Å². The fourth-order valence-corrected chi connectivity index (χ4v) is 4.74. The van der Waals surface area contributed by atoms with Crippen molar-refractivity contribution in [3.8, 4) is 0 Å². The number of likely N-dealkylation sites (tertiary alicyclic amines) is 1. The summed E-state index contributed by atoms with van der Waals surface area (Å²) in [6.45, 7) is 0.872. The van der Waals surface area contributed by atoms with Crippen molar-refractivity contribution in [2.45, 2.75) is 50.6 Å². The number of carbonyl (C=O) groups is 2. The molecule has 0 aromatic heterocycles. The van der Waals surface area contributed by atoms with Crippen LogP contribution in [0.25, 0.3) is 0 Å². The van der Waals surface area contributed by atoms with Crippen molar-refractivity contribution >= 4 is 11.8 Å². The molecular formula is C20H27FN4O2. The van der Waals surface area contributed by atoms with Gasteiger partial charge in [0.2, 0.25) is 11.8 Å². The van der Waals surface area contributed by atoms with Gasteiger partial charge in [-0.3, -0.25) is 15.0 Å². The topological polar surface area (TPSA) is 64.7 Å². The molecule has 3 fully saturated rings. The van der Waals surface area contributed by atoms with Crippen molar-refractivity contribution in [1.82, 2.24) is 20.7 Å². The Hall–Kier alpha value is -1.99. The van der Waals surface area contributed by atoms with Crippen molar-refractivity contribution in [2.24, 2.45) is 11.8 Å². The van der Waals surface area contributed by atoms with E-state index in [0.29, 0.717) is 19.5 Å². The van der Waals surface area contributed by atoms with Gasteiger partial charge in [-0.1, -0.05) is 30.3 Å². The van der Waals surface area contributed by atoms with Gasteiger partial charge in [-0.15, -0.1) is 0 Å². The highest BCUT2D eigenvalue weighted by molar-refractivity contribution is 5.89. The Bertz CT molecular complexity index is 700. The summed E-state index contributed by atoms with van der Waals surface area (Å²) >= 11 is 0. The monoisotopic (exact) mass is 374 g/mol. The Kier molecular flexibility index (Phi) is 5.14. The number of hydrogen-bond donors (Lipinski definition) is 2. The van der Waals surface area contributed by atoms with Gasteiger partial charge in [0.05, 0.1) is 5.92 Å². The molecule has 7 heteroatoms. The lowest BCUT2D eigenvalue weighted by Gasteiger charge is -2.35. The quantitative estimate of drug-likeness (QED) is 0.837. The van der Waals surface area contributed by atoms with E-state index in [9.17, 15) is 14.0 Å². The lowest BCUT2D eigenvalue weighted by atomic mass is 9.82. The van der Waals surface area contributed by atoms with Gasteiger partial charge in [0.25, 0.3) is 0 Å². The van der Waals surface area contributed by atoms with E-state index in [1.807, 2.05) is 30.3 Å². The molecule has 6 nitrogen and oxygen atoms in total. The molecular weight excluding hydrogens is 347 g/mol. The maximum atomic E-state index is 14.5. The van der Waals surface area contributed by atoms with Crippen LogP contribution in [0.5, 0.6) is 0 Å². The van der Waals surface area contributed by atoms with Crippen LogP contribution in [0.15, 0.2) is 30.3 Å². The molecule has 1 aliphatic carbocycles. The average Bonchev–Trinajstić information content (AvgIpc) is 3.26. The third kappa shape index (κ3) is 3.58. The molecule has 4 rings (SSSR count). The molecule has 1 aromatic carbocycles. The molecule has 1 saturated carbocycles. The molecule has 0 spiro atoms. The summed E-state index contributed by atoms with van der Waals surface area (Å²) in [6, 6.07) is 9.85. The number of benzene rings is 1. The standard InChI is InChI=1S/C20H27FN4O2/c1-24(11-13-6-3-2-4-7-13)20(27)14-10-17(26)25(12-14)19-18-15(21)8-5-9-16(18)22-23-19/h2-4,6-7,14-16,18-19,22-23H,5,8-12H2,1H3. The zero-order valence-electron chi connectivity index (χ0n) is 15.6. The van der Waals surface area contributed by atoms with E-state index in [1.165, 1.54) is 0 Å². The van der Waals surface area contributed by atoms with Crippen molar-refractivity contribution in [3.05, 3.63) is 35.9 Å². The molecule has 2 amide bonds. The van der Waals surface area contributed by atoms with Gasteiger partial charge in [0.15, 0.2) is 0 Å². The predicted molar refractivity (Wildman–Crippen MR) is 98.8 cm³/mol. The zero-order chi connectivity index (χ0) is 19.0. The molecule has 146 valence electrons. The third-order valence-corrected chi connectivity index (χ3v) is 6.14. The number of fused-ring (bicyclic) bond motifs is 1. The van der Waals surface area contributed by atoms with Gasteiger partial charge in [0.1, 0.15) is 12.3 Å². The summed E-state index contributed by atoms with van der Waals surface area (Å²) in [5, 5.41) is 0. The summed E-state index contributed by atoms with van der Waals surface area (Å²) in [4.78, 5) is 28.8. The summed E-state index contributed by atoms with van der Waals surface area (Å²) in [5.41, 5.74) is 7.33. The summed E-state index contributed by atoms with van der Waals surface area (Å²) in [6.07, 6.45) is 1.24. The second-order valence-electron chi connectivity index (χ2n) is 7.99. The third-order valence-electron chi connectivity index (χ3n) is 6.14. The number of amides is 2. The first kappa shape index (κ1) is 18.4. The fourth-order valence-electron chi connectivity index (χ4n) is 4.74. The SMILES string of the molecule is CN(Cc1ccccc1)C(=O)C1CC(=O)N(C2NNC3CCCC(F)C32)C1. The Balaban J connectivity index is 1.40. The molecule has 27 heavy (non-hydrogen) atoms. The first-order valence-corrected chi connectivity index (χ1v) is 9.78. The highest BCUT2D eigenvalue weighted by Crippen LogP contribution is 2.36. The van der Waals surface area contributed by atoms with Crippen LogP contribution in [0.2, 0.25) is 0 Å². The van der Waals surface area contributed by atoms with Gasteiger partial charge in [0, 0.05) is 38.5 Å². The molecule has 2 N–H and O–H groups in total. The van der Waals surface area contributed by atoms with E-state index in [0.717, 1.165) is 18.4 Å². The van der Waals surface area contributed by atoms with E-state index in [4.69, 9.17) is 0 Å². The zero-order valence-corrected chi connectivity index (χ0v) is 15.6. The van der Waals surface area contributed by atoms with E-state index in [1.54, 1.807) is 16.8 Å². The molecule has 1 aromatic rings. The van der Waals surface area contributed by atoms with Crippen LogP contribution in [0.4, 0.5) is 4.39 Å². The average molecular weight is 374 g/mol. The Morgan fingerprint density at radius 1 is 1.26 bits per heavy atom. The largest absolute Gasteiger partial charge is 0.341 e. The normalized spacial score (nSPS) is 33.2. The van der Waals surface area contributed by atoms with Crippen molar-refractivity contribution in [3.63, 3.8) is 0 Å². The van der Waals surface area contributed by atoms with Crippen LogP contribution < -0.4 is 10.9 Å². The van der Waals surface area contributed by atoms with Crippen LogP contribution >= 0.6 is 0 Å². The molecule has 2 heterocycles. The maximum absolute atomic E-state index is 14.5. The van der Waals surface area contributed by atoms with Gasteiger partial charge >= 0.3 is 0 Å². The number of nitrogens with zero attached hydrogens (tertiary/aromatic N) is 2. The van der Waals surface area contributed by atoms with Crippen LogP contribution in [0.1, 0.15) is 31.2 Å². The molecule has 2 aliphatic heterocycles. The number of hydrazine groups is 1. The Morgan fingerprint density at radius 3 is 2.81 bits per heavy atom. The highest BCUT2D eigenvalue weighted by atomic mass is 19.1. The van der Waals surface area contributed by atoms with E-state index in [2.05, 4.69) is 10.9 Å². The molecule has 2 saturated heterocycles. The lowest BCUT2D eigenvalue weighted by Crippen LogP contribution is -2.50. The molecule has 5 unspecified atom stereocenters. The minimum absolute atomic E-state index is 0.0300. The predicted octanol–water partition coefficient (Wildman–Crippen LogP) is 1.43. The Morgan fingerprint density at radius 2 is 2.04 bits per heavy atom. The number of alkyl halides is 1. The Labute approximate surface area is 159 Å². The highest BCUT2D eigenvalue weighted by Gasteiger charge is 2.50. The number of halogens is 1. The number of rotatable bonds is 4. The van der Waals surface area contributed by atoms with Crippen LogP contribution in [-0.2, 0) is 16.1 Å². The van der Waals surface area contributed by atoms with E-state index in [-0.39, 0.29) is 42.3 Å². The minimum Gasteiger partial charge on any atom is -0.341 e. The second kappa shape index (κ2) is 7.56. The summed E-state index contributed by atoms with van der Waals surface area (Å²) in [5.74, 6) is -0.704. The second-order valence-corrected chi connectivity index (χ2v) is 7.99. The van der Waals surface area contributed by atoms with Crippen LogP contribution in [0, 0.1) is 11.8 Å². The van der Waals surface area contributed by atoms with Gasteiger partial charge < -0.3 is 9.80 Å². The van der Waals surface area contributed by atoms with Gasteiger partial charge in [-0.05, 0) is 24.8 Å². The van der Waals surface area contributed by atoms with Gasteiger partial charge in [-0.2, -0.15) is 0 Å². The summed E-state index contributed by atoms with van der Waals surface area (Å²) in [7, 11) is 1.77. The van der Waals surface area contributed by atoms with Crippen molar-refractivity contribution in [1.29, 1.82) is 0 Å². The maximum Gasteiger partial charge on any atom is 0.228 e. The summed E-state index contributed by atoms with van der Waals surface area (Å²) < 4.78 is 14.5. The number of nitrogens with one attached hydrogen (secondary N) is 2. The first-order valence-electron chi connectivity index (χ1n) is 9.78. The molecule has 0 bridgehead atoms. The van der Waals surface area contributed by atoms with Crippen molar-refractivity contribution in [2.75, 3.05) is 13.6 Å². The minimum atomic E-state index is -0.917. The lowest BCUT2D eigenvalue weighted by molar-refractivity contribution is -0.135. The molecule has 0 radical (unpaired) electrons. The number of hydrogen-bond acceptors (Lipinski definition) is 4. The fraction of sp³-hybridized carbons (Fsp3) is 0.600. The van der Waals surface area contributed by atoms with E-state index < -0.39 is 6.17 Å². The van der Waals surface area contributed by atoms with Gasteiger partial charge in [-0.25, -0.2) is 9.82 Å². The molecule has 3 aliphatic rings.